The van der Waals surface area contributed by atoms with Gasteiger partial charge in [-0.2, -0.15) is 5.10 Å². The van der Waals surface area contributed by atoms with E-state index in [1.807, 2.05) is 20.9 Å². The SMILES string of the molecule is CNC(C)C1CCN(c2nnc(C)c(C)n2)CC1. The van der Waals surface area contributed by atoms with Gasteiger partial charge in [-0.1, -0.05) is 0 Å². The molecule has 0 aliphatic carbocycles. The lowest BCUT2D eigenvalue weighted by Gasteiger charge is -2.34. The highest BCUT2D eigenvalue weighted by Gasteiger charge is 2.24. The van der Waals surface area contributed by atoms with Gasteiger partial charge < -0.3 is 10.2 Å². The average Bonchev–Trinajstić information content (AvgIpc) is 2.41. The number of piperidine rings is 1. The lowest BCUT2D eigenvalue weighted by molar-refractivity contribution is 0.321. The van der Waals surface area contributed by atoms with Crippen molar-refractivity contribution >= 4 is 5.95 Å². The van der Waals surface area contributed by atoms with Gasteiger partial charge in [0.1, 0.15) is 0 Å². The maximum atomic E-state index is 4.52. The third kappa shape index (κ3) is 2.77. The fourth-order valence-electron chi connectivity index (χ4n) is 2.41. The number of rotatable bonds is 3. The van der Waals surface area contributed by atoms with E-state index in [1.54, 1.807) is 0 Å². The quantitative estimate of drug-likeness (QED) is 0.875. The Morgan fingerprint density at radius 3 is 2.39 bits per heavy atom. The van der Waals surface area contributed by atoms with Crippen LogP contribution in [0.15, 0.2) is 0 Å². The van der Waals surface area contributed by atoms with E-state index < -0.39 is 0 Å². The molecule has 0 spiro atoms. The van der Waals surface area contributed by atoms with Crippen molar-refractivity contribution in [3.8, 4) is 0 Å². The molecule has 5 nitrogen and oxygen atoms in total. The molecule has 1 N–H and O–H groups in total. The van der Waals surface area contributed by atoms with Crippen molar-refractivity contribution in [2.24, 2.45) is 5.92 Å². The molecule has 1 aromatic heterocycles. The fourth-order valence-corrected chi connectivity index (χ4v) is 2.41. The number of aryl methyl sites for hydroxylation is 2. The van der Waals surface area contributed by atoms with Gasteiger partial charge in [-0.3, -0.25) is 0 Å². The van der Waals surface area contributed by atoms with Crippen LogP contribution in [0.4, 0.5) is 5.95 Å². The zero-order valence-electron chi connectivity index (χ0n) is 11.8. The molecule has 0 bridgehead atoms. The van der Waals surface area contributed by atoms with Crippen LogP contribution in [0.25, 0.3) is 0 Å². The molecule has 0 aromatic carbocycles. The average molecular weight is 249 g/mol. The third-order valence-electron chi connectivity index (χ3n) is 4.07. The first-order chi connectivity index (χ1) is 8.61. The molecule has 2 heterocycles. The first kappa shape index (κ1) is 13.2. The third-order valence-corrected chi connectivity index (χ3v) is 4.07. The summed E-state index contributed by atoms with van der Waals surface area (Å²) in [5, 5.41) is 11.7. The van der Waals surface area contributed by atoms with Crippen LogP contribution in [0.2, 0.25) is 0 Å². The highest BCUT2D eigenvalue weighted by molar-refractivity contribution is 5.30. The molecule has 1 atom stereocenters. The maximum Gasteiger partial charge on any atom is 0.245 e. The van der Waals surface area contributed by atoms with Crippen LogP contribution in [0.3, 0.4) is 0 Å². The van der Waals surface area contributed by atoms with Gasteiger partial charge in [0.15, 0.2) is 0 Å². The maximum absolute atomic E-state index is 4.52. The molecule has 100 valence electrons. The van der Waals surface area contributed by atoms with E-state index in [0.717, 1.165) is 36.3 Å². The molecule has 1 aliphatic heterocycles. The Labute approximate surface area is 109 Å². The number of hydrogen-bond donors (Lipinski definition) is 1. The van der Waals surface area contributed by atoms with Crippen LogP contribution in [-0.2, 0) is 0 Å². The monoisotopic (exact) mass is 249 g/mol. The molecule has 0 amide bonds. The summed E-state index contributed by atoms with van der Waals surface area (Å²) < 4.78 is 0. The number of aromatic nitrogens is 3. The van der Waals surface area contributed by atoms with Crippen molar-refractivity contribution < 1.29 is 0 Å². The minimum absolute atomic E-state index is 0.589. The summed E-state index contributed by atoms with van der Waals surface area (Å²) in [6, 6.07) is 0.589. The van der Waals surface area contributed by atoms with Crippen molar-refractivity contribution in [3.05, 3.63) is 11.4 Å². The summed E-state index contributed by atoms with van der Waals surface area (Å²) in [5.41, 5.74) is 1.89. The minimum Gasteiger partial charge on any atom is -0.340 e. The number of nitrogens with one attached hydrogen (secondary N) is 1. The molecule has 0 radical (unpaired) electrons. The molecule has 1 saturated heterocycles. The standard InChI is InChI=1S/C13H23N5/c1-9-10(2)16-17-13(15-9)18-7-5-12(6-8-18)11(3)14-4/h11-12,14H,5-8H2,1-4H3. The summed E-state index contributed by atoms with van der Waals surface area (Å²) in [6.07, 6.45) is 2.39. The van der Waals surface area contributed by atoms with E-state index in [9.17, 15) is 0 Å². The van der Waals surface area contributed by atoms with Crippen molar-refractivity contribution in [1.82, 2.24) is 20.5 Å². The van der Waals surface area contributed by atoms with E-state index >= 15 is 0 Å². The minimum atomic E-state index is 0.589. The Balaban J connectivity index is 1.99. The van der Waals surface area contributed by atoms with Crippen LogP contribution in [0.1, 0.15) is 31.2 Å². The summed E-state index contributed by atoms with van der Waals surface area (Å²) in [7, 11) is 2.04. The zero-order chi connectivity index (χ0) is 13.1. The Bertz CT molecular complexity index is 398. The summed E-state index contributed by atoms with van der Waals surface area (Å²) in [6.45, 7) is 8.25. The number of nitrogens with zero attached hydrogens (tertiary/aromatic N) is 4. The predicted molar refractivity (Wildman–Crippen MR) is 72.8 cm³/mol. The first-order valence-electron chi connectivity index (χ1n) is 6.72. The molecule has 1 unspecified atom stereocenters. The largest absolute Gasteiger partial charge is 0.340 e. The van der Waals surface area contributed by atoms with E-state index in [0.29, 0.717) is 6.04 Å². The van der Waals surface area contributed by atoms with Gasteiger partial charge >= 0.3 is 0 Å². The Kier molecular flexibility index (Phi) is 4.11. The summed E-state index contributed by atoms with van der Waals surface area (Å²) in [5.74, 6) is 1.54. The summed E-state index contributed by atoms with van der Waals surface area (Å²) in [4.78, 5) is 6.77. The molecule has 18 heavy (non-hydrogen) atoms. The second-order valence-corrected chi connectivity index (χ2v) is 5.18. The highest BCUT2D eigenvalue weighted by Crippen LogP contribution is 2.23. The van der Waals surface area contributed by atoms with Crippen molar-refractivity contribution in [2.75, 3.05) is 25.0 Å². The highest BCUT2D eigenvalue weighted by atomic mass is 15.3. The van der Waals surface area contributed by atoms with Crippen molar-refractivity contribution in [2.45, 2.75) is 39.7 Å². The van der Waals surface area contributed by atoms with Crippen LogP contribution in [0, 0.1) is 19.8 Å². The lowest BCUT2D eigenvalue weighted by atomic mass is 9.90. The molecule has 1 aliphatic rings. The topological polar surface area (TPSA) is 53.9 Å². The zero-order valence-corrected chi connectivity index (χ0v) is 11.8. The van der Waals surface area contributed by atoms with Crippen molar-refractivity contribution in [1.29, 1.82) is 0 Å². The molecular formula is C13H23N5. The lowest BCUT2D eigenvalue weighted by Crippen LogP contribution is -2.41. The molecule has 1 fully saturated rings. The van der Waals surface area contributed by atoms with E-state index in [1.165, 1.54) is 12.8 Å². The van der Waals surface area contributed by atoms with Gasteiger partial charge in [-0.25, -0.2) is 4.98 Å². The van der Waals surface area contributed by atoms with Gasteiger partial charge in [0, 0.05) is 19.1 Å². The van der Waals surface area contributed by atoms with Crippen LogP contribution in [0.5, 0.6) is 0 Å². The van der Waals surface area contributed by atoms with Crippen LogP contribution < -0.4 is 10.2 Å². The molecule has 0 saturated carbocycles. The molecule has 5 heteroatoms. The molecular weight excluding hydrogens is 226 g/mol. The van der Waals surface area contributed by atoms with Gasteiger partial charge in [0.2, 0.25) is 5.95 Å². The normalized spacial score (nSPS) is 19.0. The number of anilines is 1. The first-order valence-corrected chi connectivity index (χ1v) is 6.72. The smallest absolute Gasteiger partial charge is 0.245 e. The van der Waals surface area contributed by atoms with Crippen LogP contribution in [-0.4, -0.2) is 41.4 Å². The Morgan fingerprint density at radius 1 is 1.17 bits per heavy atom. The second-order valence-electron chi connectivity index (χ2n) is 5.18. The Hall–Kier alpha value is -1.23. The second kappa shape index (κ2) is 5.61. The van der Waals surface area contributed by atoms with E-state index in [4.69, 9.17) is 0 Å². The van der Waals surface area contributed by atoms with E-state index in [2.05, 4.69) is 32.3 Å². The van der Waals surface area contributed by atoms with E-state index in [-0.39, 0.29) is 0 Å². The molecule has 1 aromatic rings. The van der Waals surface area contributed by atoms with Crippen LogP contribution >= 0.6 is 0 Å². The Morgan fingerprint density at radius 2 is 1.83 bits per heavy atom. The predicted octanol–water partition coefficient (Wildman–Crippen LogP) is 1.31. The fraction of sp³-hybridized carbons (Fsp3) is 0.769. The van der Waals surface area contributed by atoms with Gasteiger partial charge in [0.05, 0.1) is 11.4 Å². The van der Waals surface area contributed by atoms with Gasteiger partial charge in [-0.15, -0.1) is 5.10 Å². The molecule has 2 rings (SSSR count). The van der Waals surface area contributed by atoms with Gasteiger partial charge in [0.25, 0.3) is 0 Å². The van der Waals surface area contributed by atoms with Crippen molar-refractivity contribution in [3.63, 3.8) is 0 Å². The number of hydrogen-bond acceptors (Lipinski definition) is 5. The summed E-state index contributed by atoms with van der Waals surface area (Å²) >= 11 is 0. The van der Waals surface area contributed by atoms with Gasteiger partial charge in [-0.05, 0) is 46.6 Å².